The fourth-order valence-corrected chi connectivity index (χ4v) is 3.69. The van der Waals surface area contributed by atoms with Crippen LogP contribution in [-0.4, -0.2) is 43.0 Å². The summed E-state index contributed by atoms with van der Waals surface area (Å²) in [6.07, 6.45) is 1.68. The third-order valence-corrected chi connectivity index (χ3v) is 5.09. The molecular weight excluding hydrogens is 372 g/mol. The molecule has 1 aliphatic rings. The number of amides is 1. The lowest BCUT2D eigenvalue weighted by atomic mass is 10.2. The van der Waals surface area contributed by atoms with E-state index < -0.39 is 0 Å². The Morgan fingerprint density at radius 1 is 1.11 bits per heavy atom. The molecule has 1 amide bonds. The molecule has 7 nitrogen and oxygen atoms in total. The number of benzene rings is 2. The summed E-state index contributed by atoms with van der Waals surface area (Å²) in [6.45, 7) is 4.12. The first-order valence-electron chi connectivity index (χ1n) is 8.72. The number of aromatic nitrogens is 3. The highest BCUT2D eigenvalue weighted by Gasteiger charge is 2.27. The van der Waals surface area contributed by atoms with Crippen LogP contribution < -0.4 is 5.43 Å². The Balaban J connectivity index is 1.72. The molecule has 28 heavy (non-hydrogen) atoms. The maximum absolute atomic E-state index is 12.0. The summed E-state index contributed by atoms with van der Waals surface area (Å²) in [5.74, 6) is 1.55. The number of amidine groups is 1. The van der Waals surface area contributed by atoms with Crippen molar-refractivity contribution < 1.29 is 4.79 Å². The second-order valence-electron chi connectivity index (χ2n) is 5.97. The molecule has 0 bridgehead atoms. The molecule has 2 heterocycles. The van der Waals surface area contributed by atoms with Crippen molar-refractivity contribution >= 4 is 28.8 Å². The number of anilines is 1. The largest absolute Gasteiger partial charge is 0.285 e. The van der Waals surface area contributed by atoms with Crippen LogP contribution in [0.2, 0.25) is 0 Å². The predicted molar refractivity (Wildman–Crippen MR) is 112 cm³/mol. The number of hydrazone groups is 1. The fraction of sp³-hybridized carbons (Fsp3) is 0.100. The minimum atomic E-state index is 0.0138. The van der Waals surface area contributed by atoms with E-state index in [1.807, 2.05) is 65.2 Å². The summed E-state index contributed by atoms with van der Waals surface area (Å²) in [5, 5.41) is 13.6. The van der Waals surface area contributed by atoms with E-state index in [0.717, 1.165) is 11.3 Å². The van der Waals surface area contributed by atoms with Crippen LogP contribution in [0.15, 0.2) is 78.4 Å². The Hall–Kier alpha value is -3.39. The number of hydrogen-bond acceptors (Lipinski definition) is 6. The standard InChI is InChI=1S/C20H18N6OS/c1-2-13-25-17(27)14-28-20(25)24-23-19-22-21-18(15-9-5-3-6-10-15)26(19)16-11-7-4-8-12-16/h2-12H,1,13-14H2,(H,22,23). The SMILES string of the molecule is C=CCN1C(=O)CSC1=NNc1nnc(-c2ccccc2)n1-c1ccccc1. The summed E-state index contributed by atoms with van der Waals surface area (Å²) >= 11 is 1.38. The van der Waals surface area contributed by atoms with Gasteiger partial charge in [0.15, 0.2) is 11.0 Å². The van der Waals surface area contributed by atoms with E-state index in [4.69, 9.17) is 0 Å². The number of carbonyl (C=O) groups excluding carboxylic acids is 1. The van der Waals surface area contributed by atoms with Crippen LogP contribution in [0.1, 0.15) is 0 Å². The van der Waals surface area contributed by atoms with E-state index in [1.54, 1.807) is 11.0 Å². The minimum absolute atomic E-state index is 0.0138. The first kappa shape index (κ1) is 18.0. The second kappa shape index (κ2) is 8.10. The van der Waals surface area contributed by atoms with Crippen LogP contribution in [-0.2, 0) is 4.79 Å². The van der Waals surface area contributed by atoms with E-state index in [1.165, 1.54) is 11.8 Å². The van der Waals surface area contributed by atoms with Gasteiger partial charge >= 0.3 is 0 Å². The number of nitrogens with zero attached hydrogens (tertiary/aromatic N) is 5. The third kappa shape index (κ3) is 3.54. The number of nitrogens with one attached hydrogen (secondary N) is 1. The predicted octanol–water partition coefficient (Wildman–Crippen LogP) is 3.38. The normalized spacial score (nSPS) is 15.2. The molecule has 1 fully saturated rings. The summed E-state index contributed by atoms with van der Waals surface area (Å²) in [6, 6.07) is 19.7. The van der Waals surface area contributed by atoms with Crippen molar-refractivity contribution in [1.29, 1.82) is 0 Å². The van der Waals surface area contributed by atoms with E-state index in [9.17, 15) is 4.79 Å². The van der Waals surface area contributed by atoms with Crippen LogP contribution in [0.3, 0.4) is 0 Å². The molecule has 0 saturated carbocycles. The van der Waals surface area contributed by atoms with Crippen molar-refractivity contribution in [2.24, 2.45) is 5.10 Å². The number of thioether (sulfide) groups is 1. The molecule has 1 aromatic heterocycles. The van der Waals surface area contributed by atoms with Gasteiger partial charge in [0.1, 0.15) is 0 Å². The molecule has 1 N–H and O–H groups in total. The van der Waals surface area contributed by atoms with Crippen LogP contribution in [0.4, 0.5) is 5.95 Å². The molecule has 1 saturated heterocycles. The van der Waals surface area contributed by atoms with Crippen molar-refractivity contribution in [1.82, 2.24) is 19.7 Å². The van der Waals surface area contributed by atoms with Crippen LogP contribution >= 0.6 is 11.8 Å². The lowest BCUT2D eigenvalue weighted by Gasteiger charge is -2.13. The number of carbonyl (C=O) groups is 1. The van der Waals surface area contributed by atoms with Gasteiger partial charge in [-0.15, -0.1) is 21.9 Å². The van der Waals surface area contributed by atoms with Gasteiger partial charge in [0, 0.05) is 12.1 Å². The summed E-state index contributed by atoms with van der Waals surface area (Å²) in [7, 11) is 0. The minimum Gasteiger partial charge on any atom is -0.285 e. The van der Waals surface area contributed by atoms with E-state index in [0.29, 0.717) is 29.2 Å². The molecule has 8 heteroatoms. The van der Waals surface area contributed by atoms with Gasteiger partial charge in [-0.05, 0) is 12.1 Å². The van der Waals surface area contributed by atoms with E-state index in [-0.39, 0.29) is 5.91 Å². The smallest absolute Gasteiger partial charge is 0.250 e. The van der Waals surface area contributed by atoms with Crippen molar-refractivity contribution in [3.8, 4) is 17.1 Å². The van der Waals surface area contributed by atoms with Crippen molar-refractivity contribution in [2.75, 3.05) is 17.7 Å². The zero-order valence-corrected chi connectivity index (χ0v) is 15.8. The molecule has 140 valence electrons. The molecular formula is C20H18N6OS. The topological polar surface area (TPSA) is 75.4 Å². The van der Waals surface area contributed by atoms with Gasteiger partial charge in [0.2, 0.25) is 11.9 Å². The molecule has 3 aromatic rings. The molecule has 0 unspecified atom stereocenters. The number of hydrogen-bond donors (Lipinski definition) is 1. The van der Waals surface area contributed by atoms with Gasteiger partial charge in [-0.1, -0.05) is 66.4 Å². The second-order valence-corrected chi connectivity index (χ2v) is 6.91. The van der Waals surface area contributed by atoms with Gasteiger partial charge in [-0.25, -0.2) is 5.43 Å². The third-order valence-electron chi connectivity index (χ3n) is 4.13. The summed E-state index contributed by atoms with van der Waals surface area (Å²) < 4.78 is 1.90. The molecule has 0 spiro atoms. The van der Waals surface area contributed by atoms with Gasteiger partial charge < -0.3 is 0 Å². The number of para-hydroxylation sites is 1. The summed E-state index contributed by atoms with van der Waals surface area (Å²) in [4.78, 5) is 13.6. The molecule has 0 aliphatic carbocycles. The quantitative estimate of drug-likeness (QED) is 0.516. The lowest BCUT2D eigenvalue weighted by molar-refractivity contribution is -0.123. The lowest BCUT2D eigenvalue weighted by Crippen LogP contribution is -2.30. The van der Waals surface area contributed by atoms with Crippen LogP contribution in [0, 0.1) is 0 Å². The first-order valence-corrected chi connectivity index (χ1v) is 9.70. The first-order chi connectivity index (χ1) is 13.8. The van der Waals surface area contributed by atoms with Crippen molar-refractivity contribution in [3.05, 3.63) is 73.3 Å². The average Bonchev–Trinajstić information content (AvgIpc) is 3.32. The van der Waals surface area contributed by atoms with Gasteiger partial charge in [0.05, 0.1) is 11.4 Å². The molecule has 0 radical (unpaired) electrons. The van der Waals surface area contributed by atoms with Crippen molar-refractivity contribution in [2.45, 2.75) is 0 Å². The molecule has 2 aromatic carbocycles. The summed E-state index contributed by atoms with van der Waals surface area (Å²) in [5.41, 5.74) is 4.83. The van der Waals surface area contributed by atoms with Crippen LogP contribution in [0.5, 0.6) is 0 Å². The highest BCUT2D eigenvalue weighted by atomic mass is 32.2. The Morgan fingerprint density at radius 3 is 2.54 bits per heavy atom. The Bertz CT molecular complexity index is 1020. The Labute approximate surface area is 166 Å². The Morgan fingerprint density at radius 2 is 1.82 bits per heavy atom. The maximum atomic E-state index is 12.0. The Kier molecular flexibility index (Phi) is 5.20. The van der Waals surface area contributed by atoms with Gasteiger partial charge in [-0.3, -0.25) is 14.3 Å². The van der Waals surface area contributed by atoms with Gasteiger partial charge in [-0.2, -0.15) is 0 Å². The highest BCUT2D eigenvalue weighted by molar-refractivity contribution is 8.15. The molecule has 1 aliphatic heterocycles. The van der Waals surface area contributed by atoms with E-state index in [2.05, 4.69) is 27.3 Å². The fourth-order valence-electron chi connectivity index (χ4n) is 2.84. The monoisotopic (exact) mass is 390 g/mol. The van der Waals surface area contributed by atoms with Crippen molar-refractivity contribution in [3.63, 3.8) is 0 Å². The molecule has 0 atom stereocenters. The molecule has 4 rings (SSSR count). The van der Waals surface area contributed by atoms with Crippen LogP contribution in [0.25, 0.3) is 17.1 Å². The average molecular weight is 390 g/mol. The van der Waals surface area contributed by atoms with E-state index >= 15 is 0 Å². The number of rotatable bonds is 6. The van der Waals surface area contributed by atoms with Gasteiger partial charge in [0.25, 0.3) is 0 Å². The highest BCUT2D eigenvalue weighted by Crippen LogP contribution is 2.26. The zero-order valence-electron chi connectivity index (χ0n) is 15.0. The zero-order chi connectivity index (χ0) is 19.3. The maximum Gasteiger partial charge on any atom is 0.250 e.